The molecule has 0 bridgehead atoms. The molecule has 11 heteroatoms. The average molecular weight is 413 g/mol. The third kappa shape index (κ3) is 7.59. The maximum atomic E-state index is 12.7. The van der Waals surface area contributed by atoms with Gasteiger partial charge < -0.3 is 16.0 Å². The highest BCUT2D eigenvalue weighted by Crippen LogP contribution is 2.34. The van der Waals surface area contributed by atoms with E-state index in [1.165, 1.54) is 4.90 Å². The number of hydrogen-bond donors (Lipinski definition) is 2. The lowest BCUT2D eigenvalue weighted by molar-refractivity contribution is -0.384. The molecule has 0 aliphatic carbocycles. The van der Waals surface area contributed by atoms with Gasteiger partial charge in [0.15, 0.2) is 0 Å². The fourth-order valence-electron chi connectivity index (χ4n) is 2.30. The van der Waals surface area contributed by atoms with Crippen LogP contribution < -0.4 is 11.1 Å². The first-order chi connectivity index (χ1) is 11.9. The number of nitro benzene ring substituents is 1. The van der Waals surface area contributed by atoms with Gasteiger partial charge in [0.2, 0.25) is 5.91 Å². The second kappa shape index (κ2) is 9.75. The van der Waals surface area contributed by atoms with Crippen molar-refractivity contribution in [1.29, 1.82) is 0 Å². The molecular weight excluding hydrogens is 389 g/mol. The van der Waals surface area contributed by atoms with E-state index in [1.807, 2.05) is 13.8 Å². The fourth-order valence-corrected chi connectivity index (χ4v) is 2.30. The van der Waals surface area contributed by atoms with Gasteiger partial charge in [0, 0.05) is 32.6 Å². The lowest BCUT2D eigenvalue weighted by Crippen LogP contribution is -2.40. The molecule has 3 N–H and O–H groups in total. The summed E-state index contributed by atoms with van der Waals surface area (Å²) >= 11 is 0. The number of benzene rings is 1. The Labute approximate surface area is 161 Å². The van der Waals surface area contributed by atoms with Gasteiger partial charge in [-0.15, -0.1) is 12.4 Å². The van der Waals surface area contributed by atoms with Crippen LogP contribution in [0.2, 0.25) is 0 Å². The molecule has 0 aliphatic heterocycles. The molecular formula is C16H24ClF3N4O3. The molecule has 0 saturated carbocycles. The molecule has 0 saturated heterocycles. The van der Waals surface area contributed by atoms with Crippen LogP contribution in [0, 0.1) is 15.5 Å². The monoisotopic (exact) mass is 412 g/mol. The van der Waals surface area contributed by atoms with Crippen LogP contribution in [0.1, 0.15) is 25.8 Å². The van der Waals surface area contributed by atoms with E-state index in [0.717, 1.165) is 12.1 Å². The van der Waals surface area contributed by atoms with Crippen molar-refractivity contribution in [3.05, 3.63) is 33.9 Å². The Kier molecular flexibility index (Phi) is 9.00. The number of anilines is 1. The van der Waals surface area contributed by atoms with Gasteiger partial charge in [-0.25, -0.2) is 0 Å². The molecule has 0 spiro atoms. The number of amides is 1. The number of nitro groups is 1. The quantitative estimate of drug-likeness (QED) is 0.504. The number of hydrogen-bond acceptors (Lipinski definition) is 5. The van der Waals surface area contributed by atoms with E-state index in [9.17, 15) is 28.1 Å². The van der Waals surface area contributed by atoms with E-state index in [0.29, 0.717) is 19.2 Å². The van der Waals surface area contributed by atoms with Crippen molar-refractivity contribution in [3.63, 3.8) is 0 Å². The van der Waals surface area contributed by atoms with Crippen LogP contribution >= 0.6 is 12.4 Å². The van der Waals surface area contributed by atoms with Gasteiger partial charge in [0.25, 0.3) is 5.69 Å². The highest BCUT2D eigenvalue weighted by Gasteiger charge is 2.33. The number of carbonyl (C=O) groups is 1. The zero-order valence-electron chi connectivity index (χ0n) is 15.3. The van der Waals surface area contributed by atoms with Gasteiger partial charge in [-0.1, -0.05) is 13.8 Å². The van der Waals surface area contributed by atoms with Crippen molar-refractivity contribution >= 4 is 29.7 Å². The normalized spacial score (nSPS) is 11.5. The zero-order chi connectivity index (χ0) is 20.1. The predicted molar refractivity (Wildman–Crippen MR) is 98.9 cm³/mol. The Morgan fingerprint density at radius 3 is 2.41 bits per heavy atom. The van der Waals surface area contributed by atoms with Gasteiger partial charge in [0.1, 0.15) is 5.69 Å². The molecule has 0 fully saturated rings. The van der Waals surface area contributed by atoms with E-state index in [-0.39, 0.29) is 42.4 Å². The Morgan fingerprint density at radius 2 is 1.93 bits per heavy atom. The predicted octanol–water partition coefficient (Wildman–Crippen LogP) is 3.28. The summed E-state index contributed by atoms with van der Waals surface area (Å²) in [5.74, 6) is -0.200. The molecule has 0 atom stereocenters. The standard InChI is InChI=1S/C16H23F3N4O3.ClH/c1-15(2,9-20)10-22(3)14(24)6-7-21-12-5-4-11(16(17,18)19)8-13(12)23(25)26;/h4-5,8,21H,6-7,9-10,20H2,1-3H3;1H. The van der Waals surface area contributed by atoms with Gasteiger partial charge in [0.05, 0.1) is 10.5 Å². The number of rotatable bonds is 8. The largest absolute Gasteiger partial charge is 0.416 e. The van der Waals surface area contributed by atoms with Gasteiger partial charge in [-0.05, 0) is 24.1 Å². The number of alkyl halides is 3. The molecule has 0 heterocycles. The summed E-state index contributed by atoms with van der Waals surface area (Å²) in [6, 6.07) is 2.22. The minimum atomic E-state index is -4.67. The summed E-state index contributed by atoms with van der Waals surface area (Å²) in [5, 5.41) is 13.7. The summed E-state index contributed by atoms with van der Waals surface area (Å²) in [6.07, 6.45) is -4.63. The number of nitrogens with one attached hydrogen (secondary N) is 1. The topological polar surface area (TPSA) is 102 Å². The summed E-state index contributed by atoms with van der Waals surface area (Å²) < 4.78 is 38.0. The maximum Gasteiger partial charge on any atom is 0.416 e. The number of halogens is 4. The van der Waals surface area contributed by atoms with Crippen molar-refractivity contribution in [2.75, 3.05) is 32.0 Å². The van der Waals surface area contributed by atoms with Crippen LogP contribution in [-0.2, 0) is 11.0 Å². The summed E-state index contributed by atoms with van der Waals surface area (Å²) in [4.78, 5) is 23.7. The highest BCUT2D eigenvalue weighted by molar-refractivity contribution is 5.85. The van der Waals surface area contributed by atoms with Crippen molar-refractivity contribution in [3.8, 4) is 0 Å². The van der Waals surface area contributed by atoms with Crippen molar-refractivity contribution in [2.45, 2.75) is 26.4 Å². The lowest BCUT2D eigenvalue weighted by Gasteiger charge is -2.29. The Morgan fingerprint density at radius 1 is 1.33 bits per heavy atom. The molecule has 1 aromatic rings. The molecule has 0 aliphatic rings. The number of carbonyl (C=O) groups excluding carboxylic acids is 1. The van der Waals surface area contributed by atoms with Crippen molar-refractivity contribution in [1.82, 2.24) is 4.90 Å². The third-order valence-corrected chi connectivity index (χ3v) is 3.82. The molecule has 0 unspecified atom stereocenters. The van der Waals surface area contributed by atoms with Crippen LogP contribution in [0.4, 0.5) is 24.5 Å². The van der Waals surface area contributed by atoms with Crippen LogP contribution in [0.5, 0.6) is 0 Å². The zero-order valence-corrected chi connectivity index (χ0v) is 16.1. The molecule has 1 aromatic carbocycles. The summed E-state index contributed by atoms with van der Waals surface area (Å²) in [5.41, 5.74) is 3.52. The van der Waals surface area contributed by atoms with Gasteiger partial charge >= 0.3 is 6.18 Å². The van der Waals surface area contributed by atoms with Crippen molar-refractivity contribution in [2.24, 2.45) is 11.1 Å². The smallest absolute Gasteiger partial charge is 0.379 e. The van der Waals surface area contributed by atoms with E-state index < -0.39 is 22.4 Å². The summed E-state index contributed by atoms with van der Waals surface area (Å²) in [7, 11) is 1.63. The van der Waals surface area contributed by atoms with Gasteiger partial charge in [-0.3, -0.25) is 14.9 Å². The second-order valence-electron chi connectivity index (χ2n) is 6.78. The molecule has 7 nitrogen and oxygen atoms in total. The molecule has 0 aromatic heterocycles. The third-order valence-electron chi connectivity index (χ3n) is 3.82. The highest BCUT2D eigenvalue weighted by atomic mass is 35.5. The fraction of sp³-hybridized carbons (Fsp3) is 0.562. The Bertz CT molecular complexity index is 669. The maximum absolute atomic E-state index is 12.7. The van der Waals surface area contributed by atoms with E-state index >= 15 is 0 Å². The molecule has 0 radical (unpaired) electrons. The van der Waals surface area contributed by atoms with E-state index in [1.54, 1.807) is 7.05 Å². The van der Waals surface area contributed by atoms with E-state index in [4.69, 9.17) is 5.73 Å². The van der Waals surface area contributed by atoms with Crippen LogP contribution in [0.25, 0.3) is 0 Å². The van der Waals surface area contributed by atoms with Crippen LogP contribution in [0.3, 0.4) is 0 Å². The molecule has 154 valence electrons. The molecule has 1 rings (SSSR count). The van der Waals surface area contributed by atoms with Crippen molar-refractivity contribution < 1.29 is 22.9 Å². The average Bonchev–Trinajstić information content (AvgIpc) is 2.53. The number of nitrogens with two attached hydrogens (primary N) is 1. The molecule has 27 heavy (non-hydrogen) atoms. The molecule has 1 amide bonds. The first-order valence-electron chi connectivity index (χ1n) is 7.91. The first-order valence-corrected chi connectivity index (χ1v) is 7.91. The lowest BCUT2D eigenvalue weighted by atomic mass is 9.93. The minimum Gasteiger partial charge on any atom is -0.379 e. The Hall–Kier alpha value is -2.07. The Balaban J connectivity index is 0.00000676. The second-order valence-corrected chi connectivity index (χ2v) is 6.78. The summed E-state index contributed by atoms with van der Waals surface area (Å²) in [6.45, 7) is 4.74. The van der Waals surface area contributed by atoms with E-state index in [2.05, 4.69) is 5.32 Å². The SMILES string of the molecule is CN(CC(C)(C)CN)C(=O)CCNc1ccc(C(F)(F)F)cc1[N+](=O)[O-].Cl. The minimum absolute atomic E-state index is 0. The van der Waals surface area contributed by atoms with Crippen LogP contribution in [-0.4, -0.2) is 42.4 Å². The van der Waals surface area contributed by atoms with Crippen LogP contribution in [0.15, 0.2) is 18.2 Å². The van der Waals surface area contributed by atoms with Gasteiger partial charge in [-0.2, -0.15) is 13.2 Å². The first kappa shape index (κ1) is 24.9. The number of nitrogens with zero attached hydrogens (tertiary/aromatic N) is 2.